The summed E-state index contributed by atoms with van der Waals surface area (Å²) in [6.45, 7) is 3.81. The number of aromatic nitrogens is 1. The zero-order chi connectivity index (χ0) is 28.6. The summed E-state index contributed by atoms with van der Waals surface area (Å²) < 4.78 is 1.95. The average molecular weight is 589 g/mol. The monoisotopic (exact) mass is 587 g/mol. The van der Waals surface area contributed by atoms with E-state index in [0.717, 1.165) is 39.7 Å². The normalized spacial score (nSPS) is 28.1. The molecule has 41 heavy (non-hydrogen) atoms. The molecule has 5 aliphatic rings. The van der Waals surface area contributed by atoms with Crippen molar-refractivity contribution >= 4 is 52.8 Å². The molecule has 1 aliphatic heterocycles. The van der Waals surface area contributed by atoms with Gasteiger partial charge in [-0.2, -0.15) is 0 Å². The number of imide groups is 2. The molecule has 0 radical (unpaired) electrons. The lowest BCUT2D eigenvalue weighted by molar-refractivity contribution is -0.122. The number of anilines is 1. The van der Waals surface area contributed by atoms with Crippen LogP contribution in [0.15, 0.2) is 54.1 Å². The first kappa shape index (κ1) is 26.5. The van der Waals surface area contributed by atoms with Gasteiger partial charge in [-0.3, -0.25) is 14.9 Å². The van der Waals surface area contributed by atoms with Crippen LogP contribution in [0.2, 0.25) is 10.0 Å². The molecular weight excluding hydrogens is 557 g/mol. The number of hydrogen-bond donors (Lipinski definition) is 1. The van der Waals surface area contributed by atoms with Crippen LogP contribution in [-0.4, -0.2) is 22.4 Å². The third kappa shape index (κ3) is 4.34. The number of barbiturate groups is 1. The molecule has 0 unspecified atom stereocenters. The number of urea groups is 1. The molecule has 8 rings (SSSR count). The Morgan fingerprint density at radius 2 is 1.51 bits per heavy atom. The SMILES string of the molecule is Cc1cc(/C=C2\C(=O)NC(=O)N(c3ccc(C45CC6CC(CC(C6)C4)C5)cc3)C2=O)c(C)n1-c1ccc(Cl)cc1Cl. The van der Waals surface area contributed by atoms with Crippen LogP contribution in [0.4, 0.5) is 10.5 Å². The van der Waals surface area contributed by atoms with Gasteiger partial charge in [0.1, 0.15) is 5.57 Å². The molecule has 4 amide bonds. The average Bonchev–Trinajstić information content (AvgIpc) is 3.18. The van der Waals surface area contributed by atoms with E-state index in [1.807, 2.05) is 42.7 Å². The van der Waals surface area contributed by atoms with E-state index in [-0.39, 0.29) is 11.0 Å². The maximum Gasteiger partial charge on any atom is 0.335 e. The number of carbonyl (C=O) groups excluding carboxylic acids is 3. The number of hydrogen-bond acceptors (Lipinski definition) is 3. The highest BCUT2D eigenvalue weighted by Crippen LogP contribution is 2.60. The highest BCUT2D eigenvalue weighted by molar-refractivity contribution is 6.39. The number of carbonyl (C=O) groups is 3. The lowest BCUT2D eigenvalue weighted by atomic mass is 9.48. The fourth-order valence-corrected chi connectivity index (χ4v) is 8.94. The fourth-order valence-electron chi connectivity index (χ4n) is 8.44. The Kier molecular flexibility index (Phi) is 6.22. The molecule has 2 heterocycles. The molecule has 4 saturated carbocycles. The predicted octanol–water partition coefficient (Wildman–Crippen LogP) is 7.54. The first-order chi connectivity index (χ1) is 19.6. The molecule has 1 saturated heterocycles. The summed E-state index contributed by atoms with van der Waals surface area (Å²) in [5.41, 5.74) is 4.97. The summed E-state index contributed by atoms with van der Waals surface area (Å²) in [5, 5.41) is 3.37. The van der Waals surface area contributed by atoms with Crippen molar-refractivity contribution in [2.75, 3.05) is 4.90 Å². The van der Waals surface area contributed by atoms with Gasteiger partial charge in [0, 0.05) is 16.4 Å². The number of nitrogens with zero attached hydrogens (tertiary/aromatic N) is 2. The van der Waals surface area contributed by atoms with Crippen molar-refractivity contribution < 1.29 is 14.4 Å². The number of benzene rings is 2. The Hall–Kier alpha value is -3.35. The maximum absolute atomic E-state index is 13.7. The minimum absolute atomic E-state index is 0.0998. The number of aryl methyl sites for hydroxylation is 1. The maximum atomic E-state index is 13.7. The number of amides is 4. The first-order valence-electron chi connectivity index (χ1n) is 14.3. The van der Waals surface area contributed by atoms with Crippen molar-refractivity contribution in [3.63, 3.8) is 0 Å². The molecule has 6 nitrogen and oxygen atoms in total. The minimum atomic E-state index is -0.738. The zero-order valence-electron chi connectivity index (χ0n) is 23.0. The van der Waals surface area contributed by atoms with E-state index in [4.69, 9.17) is 23.2 Å². The first-order valence-corrected chi connectivity index (χ1v) is 15.0. The van der Waals surface area contributed by atoms with Gasteiger partial charge in [-0.05, 0) is 129 Å². The van der Waals surface area contributed by atoms with Crippen LogP contribution in [-0.2, 0) is 15.0 Å². The quantitative estimate of drug-likeness (QED) is 0.253. The van der Waals surface area contributed by atoms with Gasteiger partial charge in [-0.25, -0.2) is 9.69 Å². The topological polar surface area (TPSA) is 71.4 Å². The summed E-state index contributed by atoms with van der Waals surface area (Å²) in [6.07, 6.45) is 9.38. The van der Waals surface area contributed by atoms with Gasteiger partial charge in [-0.1, -0.05) is 35.3 Å². The molecule has 4 aliphatic carbocycles. The summed E-state index contributed by atoms with van der Waals surface area (Å²) >= 11 is 12.6. The van der Waals surface area contributed by atoms with Crippen molar-refractivity contribution in [1.82, 2.24) is 9.88 Å². The minimum Gasteiger partial charge on any atom is -0.316 e. The van der Waals surface area contributed by atoms with E-state index < -0.39 is 17.8 Å². The van der Waals surface area contributed by atoms with E-state index in [0.29, 0.717) is 21.3 Å². The Bertz CT molecular complexity index is 1620. The summed E-state index contributed by atoms with van der Waals surface area (Å²) in [4.78, 5) is 40.5. The highest BCUT2D eigenvalue weighted by atomic mass is 35.5. The number of rotatable bonds is 4. The van der Waals surface area contributed by atoms with Crippen LogP contribution < -0.4 is 10.2 Å². The second-order valence-corrected chi connectivity index (χ2v) is 13.3. The smallest absolute Gasteiger partial charge is 0.316 e. The highest BCUT2D eigenvalue weighted by Gasteiger charge is 2.51. The van der Waals surface area contributed by atoms with Crippen molar-refractivity contribution in [2.45, 2.75) is 57.8 Å². The Morgan fingerprint density at radius 3 is 2.12 bits per heavy atom. The van der Waals surface area contributed by atoms with Crippen LogP contribution in [0.1, 0.15) is 61.0 Å². The van der Waals surface area contributed by atoms with Crippen LogP contribution in [0.5, 0.6) is 0 Å². The third-order valence-corrected chi connectivity index (χ3v) is 10.3. The van der Waals surface area contributed by atoms with Crippen LogP contribution in [0, 0.1) is 31.6 Å². The zero-order valence-corrected chi connectivity index (χ0v) is 24.6. The van der Waals surface area contributed by atoms with Crippen molar-refractivity contribution in [1.29, 1.82) is 0 Å². The molecule has 0 atom stereocenters. The Balaban J connectivity index is 1.19. The fraction of sp³-hybridized carbons (Fsp3) is 0.364. The Labute approximate surface area is 249 Å². The molecule has 4 bridgehead atoms. The Morgan fingerprint density at radius 1 is 0.878 bits per heavy atom. The van der Waals surface area contributed by atoms with Gasteiger partial charge in [0.05, 0.1) is 16.4 Å². The second-order valence-electron chi connectivity index (χ2n) is 12.5. The largest absolute Gasteiger partial charge is 0.335 e. The van der Waals surface area contributed by atoms with Crippen molar-refractivity contribution in [3.05, 3.63) is 86.7 Å². The van der Waals surface area contributed by atoms with E-state index in [1.165, 1.54) is 44.1 Å². The van der Waals surface area contributed by atoms with Gasteiger partial charge >= 0.3 is 6.03 Å². The van der Waals surface area contributed by atoms with Crippen LogP contribution in [0.3, 0.4) is 0 Å². The standard InChI is InChI=1S/C33H31Cl2N3O3/c1-18-9-23(19(2)37(18)29-8-5-25(34)14-28(29)35)13-27-30(39)36-32(41)38(31(27)40)26-6-3-24(4-7-26)33-15-20-10-21(16-33)12-22(11-20)17-33/h3-9,13-14,20-22H,10-12,15-17H2,1-2H3,(H,36,39,41)/b27-13+. The van der Waals surface area contributed by atoms with Gasteiger partial charge in [0.15, 0.2) is 0 Å². The number of nitrogens with one attached hydrogen (secondary N) is 1. The van der Waals surface area contributed by atoms with Crippen LogP contribution >= 0.6 is 23.2 Å². The molecule has 8 heteroatoms. The molecule has 2 aromatic carbocycles. The molecule has 1 aromatic heterocycles. The van der Waals surface area contributed by atoms with Gasteiger partial charge in [0.25, 0.3) is 11.8 Å². The molecule has 0 spiro atoms. The molecule has 210 valence electrons. The molecule has 1 N–H and O–H groups in total. The van der Waals surface area contributed by atoms with E-state index in [1.54, 1.807) is 18.2 Å². The van der Waals surface area contributed by atoms with Gasteiger partial charge < -0.3 is 4.57 Å². The summed E-state index contributed by atoms with van der Waals surface area (Å²) in [7, 11) is 0. The van der Waals surface area contributed by atoms with Gasteiger partial charge in [0.2, 0.25) is 0 Å². The summed E-state index contributed by atoms with van der Waals surface area (Å²) in [6, 6.07) is 14.3. The summed E-state index contributed by atoms with van der Waals surface area (Å²) in [5.74, 6) is 1.12. The molecular formula is C33H31Cl2N3O3. The van der Waals surface area contributed by atoms with E-state index in [9.17, 15) is 14.4 Å². The molecule has 5 fully saturated rings. The lowest BCUT2D eigenvalue weighted by Gasteiger charge is -2.57. The van der Waals surface area contributed by atoms with E-state index in [2.05, 4.69) is 17.4 Å². The third-order valence-electron chi connectivity index (χ3n) is 9.80. The number of halogens is 2. The van der Waals surface area contributed by atoms with Crippen molar-refractivity contribution in [2.24, 2.45) is 17.8 Å². The van der Waals surface area contributed by atoms with Gasteiger partial charge in [-0.15, -0.1) is 0 Å². The second kappa shape index (κ2) is 9.60. The van der Waals surface area contributed by atoms with E-state index >= 15 is 0 Å². The predicted molar refractivity (Wildman–Crippen MR) is 161 cm³/mol. The van der Waals surface area contributed by atoms with Crippen molar-refractivity contribution in [3.8, 4) is 5.69 Å². The molecule has 3 aromatic rings. The lowest BCUT2D eigenvalue weighted by Crippen LogP contribution is -2.54. The van der Waals surface area contributed by atoms with Crippen LogP contribution in [0.25, 0.3) is 11.8 Å².